The number of pyridine rings is 1. The minimum atomic E-state index is -2.93. The van der Waals surface area contributed by atoms with Gasteiger partial charge in [-0.05, 0) is 25.5 Å². The molecule has 1 atom stereocenters. The normalized spacial score (nSPS) is 13.4. The SMILES string of the molecule is CCS(=O)(=O)CC(C)Nc1cnccc1C. The van der Waals surface area contributed by atoms with Crippen LogP contribution in [0.1, 0.15) is 19.4 Å². The molecule has 1 N–H and O–H groups in total. The third-order valence-electron chi connectivity index (χ3n) is 2.38. The first-order valence-corrected chi connectivity index (χ1v) is 7.14. The number of rotatable bonds is 5. The Morgan fingerprint density at radius 1 is 1.50 bits per heavy atom. The molecule has 0 aliphatic heterocycles. The molecule has 0 aliphatic carbocycles. The number of hydrogen-bond donors (Lipinski definition) is 1. The number of sulfone groups is 1. The Morgan fingerprint density at radius 2 is 2.19 bits per heavy atom. The Balaban J connectivity index is 2.66. The highest BCUT2D eigenvalue weighted by molar-refractivity contribution is 7.91. The molecule has 0 bridgehead atoms. The highest BCUT2D eigenvalue weighted by atomic mass is 32.2. The molecule has 1 rings (SSSR count). The summed E-state index contributed by atoms with van der Waals surface area (Å²) in [7, 11) is -2.93. The van der Waals surface area contributed by atoms with Crippen LogP contribution in [0.3, 0.4) is 0 Å². The van der Waals surface area contributed by atoms with Crippen LogP contribution in [0.4, 0.5) is 5.69 Å². The van der Waals surface area contributed by atoms with Crippen molar-refractivity contribution in [2.45, 2.75) is 26.8 Å². The average Bonchev–Trinajstić information content (AvgIpc) is 2.21. The minimum Gasteiger partial charge on any atom is -0.380 e. The number of aryl methyl sites for hydroxylation is 1. The van der Waals surface area contributed by atoms with Gasteiger partial charge in [0.05, 0.1) is 17.6 Å². The van der Waals surface area contributed by atoms with Gasteiger partial charge in [-0.25, -0.2) is 8.42 Å². The van der Waals surface area contributed by atoms with Gasteiger partial charge in [0, 0.05) is 18.0 Å². The fourth-order valence-electron chi connectivity index (χ4n) is 1.42. The van der Waals surface area contributed by atoms with Crippen LogP contribution in [0.2, 0.25) is 0 Å². The van der Waals surface area contributed by atoms with Crippen LogP contribution in [0, 0.1) is 6.92 Å². The number of nitrogens with one attached hydrogen (secondary N) is 1. The summed E-state index contributed by atoms with van der Waals surface area (Å²) in [4.78, 5) is 4.00. The van der Waals surface area contributed by atoms with Crippen LogP contribution in [-0.2, 0) is 9.84 Å². The minimum absolute atomic E-state index is 0.104. The Bertz CT molecular complexity index is 443. The summed E-state index contributed by atoms with van der Waals surface area (Å²) >= 11 is 0. The molecule has 0 amide bonds. The first-order valence-electron chi connectivity index (χ1n) is 5.32. The number of anilines is 1. The van der Waals surface area contributed by atoms with E-state index in [2.05, 4.69) is 10.3 Å². The van der Waals surface area contributed by atoms with Crippen molar-refractivity contribution in [3.63, 3.8) is 0 Å². The highest BCUT2D eigenvalue weighted by Crippen LogP contribution is 2.13. The molecular formula is C11H18N2O2S. The molecule has 5 heteroatoms. The van der Waals surface area contributed by atoms with Crippen molar-refractivity contribution in [3.8, 4) is 0 Å². The van der Waals surface area contributed by atoms with E-state index in [1.807, 2.05) is 19.9 Å². The standard InChI is InChI=1S/C11H18N2O2S/c1-4-16(14,15)8-10(3)13-11-7-12-6-5-9(11)2/h5-7,10,13H,4,8H2,1-3H3. The Labute approximate surface area is 97.0 Å². The second kappa shape index (κ2) is 5.30. The lowest BCUT2D eigenvalue weighted by Crippen LogP contribution is -2.27. The van der Waals surface area contributed by atoms with Crippen molar-refractivity contribution in [1.82, 2.24) is 4.98 Å². The van der Waals surface area contributed by atoms with Gasteiger partial charge in [0.1, 0.15) is 0 Å². The average molecular weight is 242 g/mol. The second-order valence-electron chi connectivity index (χ2n) is 3.93. The van der Waals surface area contributed by atoms with Crippen molar-refractivity contribution in [2.24, 2.45) is 0 Å². The molecule has 90 valence electrons. The van der Waals surface area contributed by atoms with Crippen LogP contribution >= 0.6 is 0 Å². The molecule has 0 saturated carbocycles. The van der Waals surface area contributed by atoms with E-state index in [0.29, 0.717) is 0 Å². The lowest BCUT2D eigenvalue weighted by molar-refractivity contribution is 0.593. The Kier molecular flexibility index (Phi) is 4.29. The predicted octanol–water partition coefficient (Wildman–Crippen LogP) is 1.63. The zero-order chi connectivity index (χ0) is 12.2. The maximum atomic E-state index is 11.4. The van der Waals surface area contributed by atoms with Gasteiger partial charge in [-0.2, -0.15) is 0 Å². The maximum absolute atomic E-state index is 11.4. The monoisotopic (exact) mass is 242 g/mol. The third-order valence-corrected chi connectivity index (χ3v) is 4.27. The summed E-state index contributed by atoms with van der Waals surface area (Å²) in [5.41, 5.74) is 1.96. The van der Waals surface area contributed by atoms with Gasteiger partial charge in [0.25, 0.3) is 0 Å². The summed E-state index contributed by atoms with van der Waals surface area (Å²) in [6.07, 6.45) is 3.43. The summed E-state index contributed by atoms with van der Waals surface area (Å²) in [5, 5.41) is 3.16. The fraction of sp³-hybridized carbons (Fsp3) is 0.545. The van der Waals surface area contributed by atoms with Crippen molar-refractivity contribution in [1.29, 1.82) is 0 Å². The third kappa shape index (κ3) is 3.81. The fourth-order valence-corrected chi connectivity index (χ4v) is 2.50. The predicted molar refractivity (Wildman–Crippen MR) is 66.4 cm³/mol. The van der Waals surface area contributed by atoms with Gasteiger partial charge in [-0.15, -0.1) is 0 Å². The number of aromatic nitrogens is 1. The lowest BCUT2D eigenvalue weighted by atomic mass is 10.2. The van der Waals surface area contributed by atoms with E-state index in [1.165, 1.54) is 0 Å². The first kappa shape index (κ1) is 13.0. The van der Waals surface area contributed by atoms with E-state index in [-0.39, 0.29) is 17.5 Å². The Hall–Kier alpha value is -1.10. The molecule has 0 aliphatic rings. The van der Waals surface area contributed by atoms with Crippen LogP contribution in [0.15, 0.2) is 18.5 Å². The molecule has 1 aromatic rings. The van der Waals surface area contributed by atoms with Crippen LogP contribution in [0.5, 0.6) is 0 Å². The van der Waals surface area contributed by atoms with Gasteiger partial charge < -0.3 is 5.32 Å². The molecule has 1 unspecified atom stereocenters. The topological polar surface area (TPSA) is 59.1 Å². The molecule has 1 heterocycles. The van der Waals surface area contributed by atoms with E-state index < -0.39 is 9.84 Å². The quantitative estimate of drug-likeness (QED) is 0.852. The van der Waals surface area contributed by atoms with Gasteiger partial charge in [0.15, 0.2) is 9.84 Å². The van der Waals surface area contributed by atoms with Crippen molar-refractivity contribution < 1.29 is 8.42 Å². The van der Waals surface area contributed by atoms with E-state index in [9.17, 15) is 8.42 Å². The largest absolute Gasteiger partial charge is 0.380 e. The zero-order valence-electron chi connectivity index (χ0n) is 9.90. The Morgan fingerprint density at radius 3 is 2.75 bits per heavy atom. The highest BCUT2D eigenvalue weighted by Gasteiger charge is 2.13. The van der Waals surface area contributed by atoms with Crippen LogP contribution in [0.25, 0.3) is 0 Å². The molecule has 0 radical (unpaired) electrons. The molecule has 0 saturated heterocycles. The molecule has 1 aromatic heterocycles. The molecular weight excluding hydrogens is 224 g/mol. The van der Waals surface area contributed by atoms with Gasteiger partial charge in [0.2, 0.25) is 0 Å². The van der Waals surface area contributed by atoms with E-state index in [0.717, 1.165) is 11.3 Å². The molecule has 0 aromatic carbocycles. The molecule has 16 heavy (non-hydrogen) atoms. The second-order valence-corrected chi connectivity index (χ2v) is 6.33. The smallest absolute Gasteiger partial charge is 0.152 e. The molecule has 0 fully saturated rings. The number of hydrogen-bond acceptors (Lipinski definition) is 4. The molecule has 4 nitrogen and oxygen atoms in total. The summed E-state index contributed by atoms with van der Waals surface area (Å²) < 4.78 is 22.9. The number of nitrogens with zero attached hydrogens (tertiary/aromatic N) is 1. The summed E-state index contributed by atoms with van der Waals surface area (Å²) in [6, 6.07) is 1.79. The summed E-state index contributed by atoms with van der Waals surface area (Å²) in [5.74, 6) is 0.336. The molecule has 0 spiro atoms. The van der Waals surface area contributed by atoms with Crippen molar-refractivity contribution in [2.75, 3.05) is 16.8 Å². The van der Waals surface area contributed by atoms with E-state index >= 15 is 0 Å². The van der Waals surface area contributed by atoms with E-state index in [1.54, 1.807) is 19.3 Å². The van der Waals surface area contributed by atoms with Gasteiger partial charge >= 0.3 is 0 Å². The van der Waals surface area contributed by atoms with Crippen LogP contribution < -0.4 is 5.32 Å². The van der Waals surface area contributed by atoms with Crippen LogP contribution in [-0.4, -0.2) is 30.9 Å². The zero-order valence-corrected chi connectivity index (χ0v) is 10.7. The van der Waals surface area contributed by atoms with Gasteiger partial charge in [-0.1, -0.05) is 6.92 Å². The van der Waals surface area contributed by atoms with Crippen molar-refractivity contribution >= 4 is 15.5 Å². The van der Waals surface area contributed by atoms with Crippen molar-refractivity contribution in [3.05, 3.63) is 24.0 Å². The first-order chi connectivity index (χ1) is 7.44. The maximum Gasteiger partial charge on any atom is 0.152 e. The lowest BCUT2D eigenvalue weighted by Gasteiger charge is -2.16. The van der Waals surface area contributed by atoms with E-state index in [4.69, 9.17) is 0 Å². The summed E-state index contributed by atoms with van der Waals surface area (Å²) in [6.45, 7) is 5.49. The van der Waals surface area contributed by atoms with Gasteiger partial charge in [-0.3, -0.25) is 4.98 Å².